The molecule has 0 N–H and O–H groups in total. The highest BCUT2D eigenvalue weighted by atomic mass is 16.6. The van der Waals surface area contributed by atoms with Crippen LogP contribution in [-0.2, 0) is 9.53 Å². The Kier molecular flexibility index (Phi) is 4.03. The lowest BCUT2D eigenvalue weighted by Gasteiger charge is -2.07. The van der Waals surface area contributed by atoms with Crippen LogP contribution in [0.1, 0.15) is 30.6 Å². The SMILES string of the molecule is CCC(C)C(=O)OC(=O)c1ccccc1. The Bertz CT molecular complexity index is 343. The highest BCUT2D eigenvalue weighted by Gasteiger charge is 2.17. The van der Waals surface area contributed by atoms with Gasteiger partial charge in [-0.05, 0) is 18.6 Å². The fourth-order valence-electron chi connectivity index (χ4n) is 0.992. The molecular weight excluding hydrogens is 192 g/mol. The van der Waals surface area contributed by atoms with E-state index in [1.54, 1.807) is 37.3 Å². The van der Waals surface area contributed by atoms with Crippen LogP contribution < -0.4 is 0 Å². The highest BCUT2D eigenvalue weighted by Crippen LogP contribution is 2.07. The standard InChI is InChI=1S/C12H14O3/c1-3-9(2)11(13)15-12(14)10-7-5-4-6-8-10/h4-9H,3H2,1-2H3. The Morgan fingerprint density at radius 1 is 1.27 bits per heavy atom. The van der Waals surface area contributed by atoms with Gasteiger partial charge in [0.2, 0.25) is 0 Å². The summed E-state index contributed by atoms with van der Waals surface area (Å²) in [6.07, 6.45) is 0.668. The first kappa shape index (κ1) is 11.4. The average molecular weight is 206 g/mol. The van der Waals surface area contributed by atoms with Crippen molar-refractivity contribution in [3.63, 3.8) is 0 Å². The molecule has 0 aliphatic carbocycles. The second-order valence-corrected chi connectivity index (χ2v) is 3.38. The van der Waals surface area contributed by atoms with Gasteiger partial charge in [0.25, 0.3) is 0 Å². The van der Waals surface area contributed by atoms with Gasteiger partial charge in [0.05, 0.1) is 11.5 Å². The Morgan fingerprint density at radius 2 is 1.87 bits per heavy atom. The molecule has 1 atom stereocenters. The van der Waals surface area contributed by atoms with Gasteiger partial charge in [-0.15, -0.1) is 0 Å². The van der Waals surface area contributed by atoms with E-state index in [0.717, 1.165) is 0 Å². The van der Waals surface area contributed by atoms with Crippen molar-refractivity contribution in [1.29, 1.82) is 0 Å². The fraction of sp³-hybridized carbons (Fsp3) is 0.333. The van der Waals surface area contributed by atoms with Gasteiger partial charge in [-0.25, -0.2) is 4.79 Å². The molecule has 3 heteroatoms. The summed E-state index contributed by atoms with van der Waals surface area (Å²) in [7, 11) is 0. The van der Waals surface area contributed by atoms with Crippen molar-refractivity contribution in [3.05, 3.63) is 35.9 Å². The maximum Gasteiger partial charge on any atom is 0.345 e. The molecule has 1 rings (SSSR count). The second kappa shape index (κ2) is 5.29. The molecule has 0 bridgehead atoms. The lowest BCUT2D eigenvalue weighted by molar-refractivity contribution is -0.142. The minimum absolute atomic E-state index is 0.238. The zero-order valence-electron chi connectivity index (χ0n) is 8.90. The van der Waals surface area contributed by atoms with Gasteiger partial charge in [0.15, 0.2) is 0 Å². The third-order valence-electron chi connectivity index (χ3n) is 2.22. The predicted octanol–water partition coefficient (Wildman–Crippen LogP) is 2.42. The first-order valence-electron chi connectivity index (χ1n) is 4.96. The molecule has 0 aliphatic rings. The molecule has 1 unspecified atom stereocenters. The number of rotatable bonds is 3. The molecule has 0 saturated carbocycles. The largest absolute Gasteiger partial charge is 0.389 e. The van der Waals surface area contributed by atoms with E-state index >= 15 is 0 Å². The van der Waals surface area contributed by atoms with Crippen LogP contribution in [0.25, 0.3) is 0 Å². The van der Waals surface area contributed by atoms with Gasteiger partial charge < -0.3 is 4.74 Å². The van der Waals surface area contributed by atoms with E-state index in [9.17, 15) is 9.59 Å². The van der Waals surface area contributed by atoms with E-state index in [0.29, 0.717) is 12.0 Å². The fourth-order valence-corrected chi connectivity index (χ4v) is 0.992. The van der Waals surface area contributed by atoms with Crippen LogP contribution in [0.3, 0.4) is 0 Å². The lowest BCUT2D eigenvalue weighted by Crippen LogP contribution is -2.18. The minimum atomic E-state index is -0.583. The highest BCUT2D eigenvalue weighted by molar-refractivity contribution is 5.97. The van der Waals surface area contributed by atoms with Gasteiger partial charge in [-0.3, -0.25) is 4.79 Å². The van der Waals surface area contributed by atoms with Crippen molar-refractivity contribution < 1.29 is 14.3 Å². The molecule has 1 aromatic rings. The summed E-state index contributed by atoms with van der Waals surface area (Å²) in [5.41, 5.74) is 0.397. The summed E-state index contributed by atoms with van der Waals surface area (Å²) in [6, 6.07) is 8.49. The Labute approximate surface area is 89.1 Å². The van der Waals surface area contributed by atoms with Crippen LogP contribution in [0.4, 0.5) is 0 Å². The Balaban J connectivity index is 2.61. The summed E-state index contributed by atoms with van der Waals surface area (Å²) in [5, 5.41) is 0. The van der Waals surface area contributed by atoms with Crippen molar-refractivity contribution >= 4 is 11.9 Å². The topological polar surface area (TPSA) is 43.4 Å². The maximum atomic E-state index is 11.4. The Morgan fingerprint density at radius 3 is 2.40 bits per heavy atom. The van der Waals surface area contributed by atoms with Crippen LogP contribution in [0, 0.1) is 5.92 Å². The Hall–Kier alpha value is -1.64. The number of carbonyl (C=O) groups is 2. The number of esters is 2. The molecule has 0 radical (unpaired) electrons. The summed E-state index contributed by atoms with van der Waals surface area (Å²) in [5.74, 6) is -1.29. The average Bonchev–Trinajstić information content (AvgIpc) is 2.29. The number of hydrogen-bond acceptors (Lipinski definition) is 3. The summed E-state index contributed by atoms with van der Waals surface area (Å²) < 4.78 is 4.71. The van der Waals surface area contributed by atoms with Crippen LogP contribution in [0.2, 0.25) is 0 Å². The summed E-state index contributed by atoms with van der Waals surface area (Å²) in [4.78, 5) is 22.7. The van der Waals surface area contributed by atoms with Crippen molar-refractivity contribution in [1.82, 2.24) is 0 Å². The lowest BCUT2D eigenvalue weighted by atomic mass is 10.1. The molecule has 3 nitrogen and oxygen atoms in total. The van der Waals surface area contributed by atoms with E-state index in [1.807, 2.05) is 6.92 Å². The van der Waals surface area contributed by atoms with Crippen molar-refractivity contribution in [2.75, 3.05) is 0 Å². The second-order valence-electron chi connectivity index (χ2n) is 3.38. The molecule has 0 heterocycles. The summed E-state index contributed by atoms with van der Waals surface area (Å²) in [6.45, 7) is 3.61. The normalized spacial score (nSPS) is 11.9. The van der Waals surface area contributed by atoms with Crippen LogP contribution in [0.5, 0.6) is 0 Å². The molecule has 15 heavy (non-hydrogen) atoms. The minimum Gasteiger partial charge on any atom is -0.389 e. The molecular formula is C12H14O3. The van der Waals surface area contributed by atoms with Gasteiger partial charge in [-0.1, -0.05) is 32.0 Å². The zero-order chi connectivity index (χ0) is 11.3. The van der Waals surface area contributed by atoms with Crippen molar-refractivity contribution in [2.24, 2.45) is 5.92 Å². The number of hydrogen-bond donors (Lipinski definition) is 0. The van der Waals surface area contributed by atoms with E-state index in [-0.39, 0.29) is 5.92 Å². The summed E-state index contributed by atoms with van der Waals surface area (Å²) >= 11 is 0. The van der Waals surface area contributed by atoms with Gasteiger partial charge in [0.1, 0.15) is 0 Å². The number of carbonyl (C=O) groups excluding carboxylic acids is 2. The molecule has 0 saturated heterocycles. The third kappa shape index (κ3) is 3.20. The maximum absolute atomic E-state index is 11.4. The molecule has 80 valence electrons. The molecule has 0 aromatic heterocycles. The van der Waals surface area contributed by atoms with Crippen LogP contribution in [-0.4, -0.2) is 11.9 Å². The van der Waals surface area contributed by atoms with Crippen molar-refractivity contribution in [2.45, 2.75) is 20.3 Å². The predicted molar refractivity (Wildman–Crippen MR) is 56.3 cm³/mol. The van der Waals surface area contributed by atoms with E-state index in [1.165, 1.54) is 0 Å². The van der Waals surface area contributed by atoms with Gasteiger partial charge in [-0.2, -0.15) is 0 Å². The zero-order valence-corrected chi connectivity index (χ0v) is 8.90. The monoisotopic (exact) mass is 206 g/mol. The molecule has 1 aromatic carbocycles. The molecule has 0 fully saturated rings. The van der Waals surface area contributed by atoms with Gasteiger partial charge in [0, 0.05) is 0 Å². The number of benzene rings is 1. The quantitative estimate of drug-likeness (QED) is 0.563. The molecule has 0 aliphatic heterocycles. The first-order valence-corrected chi connectivity index (χ1v) is 4.96. The van der Waals surface area contributed by atoms with Crippen molar-refractivity contribution in [3.8, 4) is 0 Å². The third-order valence-corrected chi connectivity index (χ3v) is 2.22. The van der Waals surface area contributed by atoms with Crippen LogP contribution in [0.15, 0.2) is 30.3 Å². The van der Waals surface area contributed by atoms with Gasteiger partial charge >= 0.3 is 11.9 Å². The van der Waals surface area contributed by atoms with E-state index in [4.69, 9.17) is 4.74 Å². The molecule has 0 spiro atoms. The smallest absolute Gasteiger partial charge is 0.345 e. The molecule has 0 amide bonds. The van der Waals surface area contributed by atoms with E-state index < -0.39 is 11.9 Å². The van der Waals surface area contributed by atoms with E-state index in [2.05, 4.69) is 0 Å². The van der Waals surface area contributed by atoms with Crippen LogP contribution >= 0.6 is 0 Å². The number of ether oxygens (including phenoxy) is 1. The first-order chi connectivity index (χ1) is 7.15.